The van der Waals surface area contributed by atoms with E-state index in [4.69, 9.17) is 9.47 Å². The molecule has 3 amide bonds. The topological polar surface area (TPSA) is 88.2 Å². The lowest BCUT2D eigenvalue weighted by atomic mass is 9.96. The van der Waals surface area contributed by atoms with E-state index in [1.165, 1.54) is 53.3 Å². The van der Waals surface area contributed by atoms with Crippen LogP contribution in [-0.4, -0.2) is 79.2 Å². The molecule has 1 atom stereocenters. The van der Waals surface area contributed by atoms with Crippen molar-refractivity contribution >= 4 is 17.7 Å². The molecular formula is C25H27F2N3O5. The molecule has 35 heavy (non-hydrogen) atoms. The van der Waals surface area contributed by atoms with Crippen LogP contribution >= 0.6 is 0 Å². The predicted octanol–water partition coefficient (Wildman–Crippen LogP) is 2.20. The van der Waals surface area contributed by atoms with Crippen LogP contribution in [0.4, 0.5) is 8.78 Å². The summed E-state index contributed by atoms with van der Waals surface area (Å²) in [4.78, 5) is 42.2. The molecule has 0 radical (unpaired) electrons. The Morgan fingerprint density at radius 1 is 1.09 bits per heavy atom. The molecule has 1 spiro atoms. The number of nitrogens with zero attached hydrogens (tertiary/aromatic N) is 2. The number of ether oxygens (including phenoxy) is 2. The van der Waals surface area contributed by atoms with Crippen LogP contribution in [0.5, 0.6) is 0 Å². The van der Waals surface area contributed by atoms with E-state index in [0.29, 0.717) is 6.61 Å². The van der Waals surface area contributed by atoms with Crippen LogP contribution in [0.2, 0.25) is 0 Å². The summed E-state index contributed by atoms with van der Waals surface area (Å²) in [6.07, 6.45) is 0.437. The van der Waals surface area contributed by atoms with Crippen LogP contribution in [-0.2, 0) is 14.3 Å². The summed E-state index contributed by atoms with van der Waals surface area (Å²) in [6, 6.07) is 10.1. The number of methoxy groups -OCH3 is 1. The molecule has 2 aromatic carbocycles. The van der Waals surface area contributed by atoms with Crippen LogP contribution in [0.25, 0.3) is 0 Å². The number of nitrogens with one attached hydrogen (secondary N) is 1. The Hall–Kier alpha value is -3.37. The van der Waals surface area contributed by atoms with E-state index >= 15 is 0 Å². The van der Waals surface area contributed by atoms with Gasteiger partial charge in [0.15, 0.2) is 0 Å². The van der Waals surface area contributed by atoms with E-state index in [1.54, 1.807) is 6.07 Å². The number of halogens is 2. The van der Waals surface area contributed by atoms with Gasteiger partial charge in [-0.25, -0.2) is 8.78 Å². The van der Waals surface area contributed by atoms with Gasteiger partial charge < -0.3 is 19.7 Å². The molecule has 4 rings (SSSR count). The lowest BCUT2D eigenvalue weighted by Crippen LogP contribution is -2.60. The number of amides is 3. The van der Waals surface area contributed by atoms with Crippen molar-refractivity contribution in [1.82, 2.24) is 15.1 Å². The molecule has 0 saturated carbocycles. The number of rotatable bonds is 6. The third kappa shape index (κ3) is 5.03. The van der Waals surface area contributed by atoms with Gasteiger partial charge in [0.2, 0.25) is 5.91 Å². The normalized spacial score (nSPS) is 19.1. The second-order valence-corrected chi connectivity index (χ2v) is 8.51. The first-order chi connectivity index (χ1) is 16.9. The number of piperidine rings is 1. The van der Waals surface area contributed by atoms with Crippen LogP contribution in [0, 0.1) is 11.6 Å². The molecule has 0 bridgehead atoms. The van der Waals surface area contributed by atoms with Gasteiger partial charge in [-0.2, -0.15) is 0 Å². The molecule has 2 aliphatic rings. The Morgan fingerprint density at radius 3 is 2.51 bits per heavy atom. The van der Waals surface area contributed by atoms with Crippen molar-refractivity contribution in [1.29, 1.82) is 0 Å². The Labute approximate surface area is 201 Å². The first-order valence-corrected chi connectivity index (χ1v) is 11.4. The predicted molar refractivity (Wildman–Crippen MR) is 121 cm³/mol. The highest BCUT2D eigenvalue weighted by molar-refractivity contribution is 5.98. The molecule has 0 aliphatic carbocycles. The molecule has 0 aromatic heterocycles. The van der Waals surface area contributed by atoms with Crippen molar-refractivity contribution in [3.63, 3.8) is 0 Å². The van der Waals surface area contributed by atoms with Crippen molar-refractivity contribution in [2.45, 2.75) is 24.6 Å². The van der Waals surface area contributed by atoms with Crippen LogP contribution in [0.15, 0.2) is 48.5 Å². The van der Waals surface area contributed by atoms with Gasteiger partial charge in [-0.1, -0.05) is 18.2 Å². The van der Waals surface area contributed by atoms with Gasteiger partial charge in [-0.3, -0.25) is 19.3 Å². The first-order valence-electron chi connectivity index (χ1n) is 11.4. The summed E-state index contributed by atoms with van der Waals surface area (Å²) in [5.41, 5.74) is -1.09. The van der Waals surface area contributed by atoms with Gasteiger partial charge in [0.1, 0.15) is 23.4 Å². The standard InChI is InChI=1S/C25H27F2N3O5/c1-34-14-11-28-22(31)21-16-35-25(30(21)23(32)17-5-4-6-18(26)15-17)9-12-29(13-10-25)24(33)19-7-2-3-8-20(19)27/h2-8,15,21H,9-14,16H2,1H3,(H,28,31). The fourth-order valence-electron chi connectivity index (χ4n) is 4.59. The minimum absolute atomic E-state index is 0.0288. The maximum absolute atomic E-state index is 14.1. The summed E-state index contributed by atoms with van der Waals surface area (Å²) in [6.45, 7) is 0.901. The number of hydrogen-bond acceptors (Lipinski definition) is 5. The Balaban J connectivity index is 1.57. The maximum Gasteiger partial charge on any atom is 0.256 e. The van der Waals surface area contributed by atoms with Gasteiger partial charge in [0.25, 0.3) is 11.8 Å². The van der Waals surface area contributed by atoms with Gasteiger partial charge >= 0.3 is 0 Å². The summed E-state index contributed by atoms with van der Waals surface area (Å²) in [5.74, 6) is -2.58. The molecule has 1 N–H and O–H groups in total. The molecule has 8 nitrogen and oxygen atoms in total. The van der Waals surface area contributed by atoms with E-state index in [-0.39, 0.29) is 50.2 Å². The van der Waals surface area contributed by atoms with E-state index in [1.807, 2.05) is 0 Å². The van der Waals surface area contributed by atoms with E-state index in [2.05, 4.69) is 5.32 Å². The summed E-state index contributed by atoms with van der Waals surface area (Å²) in [5, 5.41) is 2.73. The van der Waals surface area contributed by atoms with Crippen LogP contribution in [0.3, 0.4) is 0 Å². The van der Waals surface area contributed by atoms with E-state index in [0.717, 1.165) is 6.07 Å². The van der Waals surface area contributed by atoms with Gasteiger partial charge in [-0.15, -0.1) is 0 Å². The quantitative estimate of drug-likeness (QED) is 0.632. The number of carbonyl (C=O) groups is 3. The molecule has 1 unspecified atom stereocenters. The second kappa shape index (κ2) is 10.5. The van der Waals surface area contributed by atoms with Crippen molar-refractivity contribution in [3.8, 4) is 0 Å². The highest BCUT2D eigenvalue weighted by Crippen LogP contribution is 2.39. The van der Waals surface area contributed by atoms with Crippen molar-refractivity contribution < 1.29 is 32.6 Å². The largest absolute Gasteiger partial charge is 0.383 e. The summed E-state index contributed by atoms with van der Waals surface area (Å²) in [7, 11) is 1.51. The molecule has 186 valence electrons. The molecule has 2 fully saturated rings. The number of carbonyl (C=O) groups excluding carboxylic acids is 3. The van der Waals surface area contributed by atoms with Crippen LogP contribution < -0.4 is 5.32 Å². The van der Waals surface area contributed by atoms with Crippen molar-refractivity contribution in [2.75, 3.05) is 40.0 Å². The molecule has 2 aromatic rings. The third-order valence-corrected chi connectivity index (χ3v) is 6.40. The lowest BCUT2D eigenvalue weighted by molar-refractivity contribution is -0.128. The highest BCUT2D eigenvalue weighted by atomic mass is 19.1. The molecule has 2 aliphatic heterocycles. The minimum Gasteiger partial charge on any atom is -0.383 e. The summed E-state index contributed by atoms with van der Waals surface area (Å²) < 4.78 is 39.0. The third-order valence-electron chi connectivity index (χ3n) is 6.40. The van der Waals surface area contributed by atoms with Gasteiger partial charge in [-0.05, 0) is 30.3 Å². The fraction of sp³-hybridized carbons (Fsp3) is 0.400. The van der Waals surface area contributed by atoms with E-state index < -0.39 is 41.1 Å². The van der Waals surface area contributed by atoms with E-state index in [9.17, 15) is 23.2 Å². The molecule has 10 heteroatoms. The average molecular weight is 488 g/mol. The number of benzene rings is 2. The van der Waals surface area contributed by atoms with Crippen LogP contribution in [0.1, 0.15) is 33.6 Å². The minimum atomic E-state index is -1.15. The Bertz CT molecular complexity index is 1100. The van der Waals surface area contributed by atoms with Crippen molar-refractivity contribution in [2.24, 2.45) is 0 Å². The zero-order valence-electron chi connectivity index (χ0n) is 19.3. The fourth-order valence-corrected chi connectivity index (χ4v) is 4.59. The maximum atomic E-state index is 14.1. The van der Waals surface area contributed by atoms with Gasteiger partial charge in [0, 0.05) is 45.1 Å². The van der Waals surface area contributed by atoms with Crippen molar-refractivity contribution in [3.05, 3.63) is 71.3 Å². The molecule has 2 saturated heterocycles. The number of hydrogen-bond donors (Lipinski definition) is 1. The molecule has 2 heterocycles. The Kier molecular flexibility index (Phi) is 7.42. The number of likely N-dealkylation sites (tertiary alicyclic amines) is 1. The molecular weight excluding hydrogens is 460 g/mol. The average Bonchev–Trinajstić information content (AvgIpc) is 3.22. The Morgan fingerprint density at radius 2 is 1.83 bits per heavy atom. The summed E-state index contributed by atoms with van der Waals surface area (Å²) >= 11 is 0. The first kappa shape index (κ1) is 24.7. The second-order valence-electron chi connectivity index (χ2n) is 8.51. The SMILES string of the molecule is COCCNC(=O)C1COC2(CCN(C(=O)c3ccccc3F)CC2)N1C(=O)c1cccc(F)c1. The lowest BCUT2D eigenvalue weighted by Gasteiger charge is -2.44. The monoisotopic (exact) mass is 487 g/mol. The highest BCUT2D eigenvalue weighted by Gasteiger charge is 2.54. The zero-order valence-corrected chi connectivity index (χ0v) is 19.3. The smallest absolute Gasteiger partial charge is 0.256 e. The zero-order chi connectivity index (χ0) is 25.0. The van der Waals surface area contributed by atoms with Gasteiger partial charge in [0.05, 0.1) is 18.8 Å².